The van der Waals surface area contributed by atoms with Gasteiger partial charge in [0, 0.05) is 6.54 Å². The van der Waals surface area contributed by atoms with Crippen LogP contribution in [-0.4, -0.2) is 44.5 Å². The smallest absolute Gasteiger partial charge is 0.416 e. The summed E-state index contributed by atoms with van der Waals surface area (Å²) in [5.74, 6) is -1.93. The highest BCUT2D eigenvalue weighted by Crippen LogP contribution is 2.37. The van der Waals surface area contributed by atoms with Crippen LogP contribution in [-0.2, 0) is 11.3 Å². The molecule has 1 aliphatic heterocycles. The largest absolute Gasteiger partial charge is 0.476 e. The summed E-state index contributed by atoms with van der Waals surface area (Å²) in [4.78, 5) is 27.4. The van der Waals surface area contributed by atoms with Crippen LogP contribution in [0.3, 0.4) is 0 Å². The number of amides is 1. The molecule has 10 heteroatoms. The van der Waals surface area contributed by atoms with E-state index in [-0.39, 0.29) is 6.54 Å². The summed E-state index contributed by atoms with van der Waals surface area (Å²) < 4.78 is 46.1. The molecule has 128 valence electrons. The number of aromatic carboxylic acids is 1. The molecular weight excluding hydrogens is 319 g/mol. The van der Waals surface area contributed by atoms with Crippen molar-refractivity contribution in [1.29, 1.82) is 0 Å². The molecule has 1 N–H and O–H groups in total. The molecule has 2 heterocycles. The fourth-order valence-corrected chi connectivity index (χ4v) is 2.32. The first-order valence-electron chi connectivity index (χ1n) is 6.79. The molecule has 0 saturated carbocycles. The Kier molecular flexibility index (Phi) is 4.03. The average molecular weight is 335 g/mol. The van der Waals surface area contributed by atoms with Gasteiger partial charge in [-0.05, 0) is 27.2 Å². The number of carboxylic acids is 1. The Labute approximate surface area is 129 Å². The minimum atomic E-state index is -4.72. The lowest BCUT2D eigenvalue weighted by Gasteiger charge is -2.37. The Morgan fingerprint density at radius 3 is 2.43 bits per heavy atom. The first kappa shape index (κ1) is 17.1. The van der Waals surface area contributed by atoms with Crippen LogP contribution >= 0.6 is 0 Å². The lowest BCUT2D eigenvalue weighted by molar-refractivity contribution is -0.152. The molecule has 0 radical (unpaired) electrons. The number of hydrogen-bond acceptors (Lipinski definition) is 4. The third kappa shape index (κ3) is 3.40. The zero-order valence-corrected chi connectivity index (χ0v) is 12.7. The second kappa shape index (κ2) is 5.43. The number of hydrogen-bond donors (Lipinski definition) is 1. The van der Waals surface area contributed by atoms with Crippen molar-refractivity contribution in [2.24, 2.45) is 0 Å². The first-order chi connectivity index (χ1) is 10.4. The van der Waals surface area contributed by atoms with Crippen LogP contribution in [0.2, 0.25) is 0 Å². The molecule has 1 aromatic rings. The maximum atomic E-state index is 13.3. The molecule has 7 nitrogen and oxygen atoms in total. The van der Waals surface area contributed by atoms with E-state index in [0.717, 1.165) is 6.33 Å². The SMILES string of the molecule is CC(C)(C)OC(=O)N1c2c(C(=O)O)ncn2CCC1C(F)(F)F. The number of fused-ring (bicyclic) bond motifs is 1. The maximum absolute atomic E-state index is 13.3. The summed E-state index contributed by atoms with van der Waals surface area (Å²) in [6, 6.07) is -2.17. The Hall–Kier alpha value is -2.26. The number of carbonyl (C=O) groups is 2. The van der Waals surface area contributed by atoms with Gasteiger partial charge >= 0.3 is 18.2 Å². The number of carboxylic acid groups (broad SMARTS) is 1. The highest BCUT2D eigenvalue weighted by Gasteiger charge is 2.51. The molecular formula is C13H16F3N3O4. The summed E-state index contributed by atoms with van der Waals surface area (Å²) in [5, 5.41) is 9.12. The summed E-state index contributed by atoms with van der Waals surface area (Å²) in [5.41, 5.74) is -1.65. The number of aromatic nitrogens is 2. The maximum Gasteiger partial charge on any atom is 0.416 e. The number of halogens is 3. The van der Waals surface area contributed by atoms with E-state index < -0.39 is 47.8 Å². The molecule has 0 spiro atoms. The second-order valence-corrected chi connectivity index (χ2v) is 6.11. The standard InChI is InChI=1S/C13H16F3N3O4/c1-12(2,3)23-11(22)19-7(13(14,15)16)4-5-18-6-17-8(9(18)19)10(20)21/h6-7H,4-5H2,1-3H3,(H,20,21). The molecule has 1 amide bonds. The van der Waals surface area contributed by atoms with Crippen molar-refractivity contribution < 1.29 is 32.6 Å². The van der Waals surface area contributed by atoms with Crippen molar-refractivity contribution >= 4 is 17.9 Å². The quantitative estimate of drug-likeness (QED) is 0.853. The lowest BCUT2D eigenvalue weighted by Crippen LogP contribution is -2.54. The molecule has 1 aliphatic rings. The second-order valence-electron chi connectivity index (χ2n) is 6.11. The number of imidazole rings is 1. The van der Waals surface area contributed by atoms with E-state index in [0.29, 0.717) is 4.90 Å². The average Bonchev–Trinajstić information content (AvgIpc) is 2.77. The van der Waals surface area contributed by atoms with E-state index in [4.69, 9.17) is 9.84 Å². The topological polar surface area (TPSA) is 84.7 Å². The van der Waals surface area contributed by atoms with Gasteiger partial charge < -0.3 is 14.4 Å². The number of ether oxygens (including phenoxy) is 1. The third-order valence-electron chi connectivity index (χ3n) is 3.16. The van der Waals surface area contributed by atoms with Gasteiger partial charge in [0.05, 0.1) is 6.33 Å². The Morgan fingerprint density at radius 1 is 1.35 bits per heavy atom. The molecule has 0 bridgehead atoms. The number of rotatable bonds is 1. The van der Waals surface area contributed by atoms with Gasteiger partial charge in [0.1, 0.15) is 11.6 Å². The minimum Gasteiger partial charge on any atom is -0.476 e. The van der Waals surface area contributed by atoms with Crippen LogP contribution in [0.4, 0.5) is 23.8 Å². The highest BCUT2D eigenvalue weighted by atomic mass is 19.4. The molecule has 23 heavy (non-hydrogen) atoms. The summed E-state index contributed by atoms with van der Waals surface area (Å²) in [6.07, 6.45) is -5.29. The fourth-order valence-electron chi connectivity index (χ4n) is 2.32. The molecule has 1 atom stereocenters. The molecule has 1 aromatic heterocycles. The van der Waals surface area contributed by atoms with E-state index in [2.05, 4.69) is 4.98 Å². The normalized spacial score (nSPS) is 18.5. The Balaban J connectivity index is 2.53. The van der Waals surface area contributed by atoms with Gasteiger partial charge in [-0.2, -0.15) is 13.2 Å². The van der Waals surface area contributed by atoms with Gasteiger partial charge in [-0.3, -0.25) is 0 Å². The van der Waals surface area contributed by atoms with Gasteiger partial charge in [-0.15, -0.1) is 0 Å². The van der Waals surface area contributed by atoms with Gasteiger partial charge in [0.2, 0.25) is 0 Å². The predicted molar refractivity (Wildman–Crippen MR) is 72.4 cm³/mol. The van der Waals surface area contributed by atoms with Crippen LogP contribution in [0, 0.1) is 0 Å². The minimum absolute atomic E-state index is 0.0981. The third-order valence-corrected chi connectivity index (χ3v) is 3.16. The van der Waals surface area contributed by atoms with Crippen molar-refractivity contribution in [3.8, 4) is 0 Å². The highest BCUT2D eigenvalue weighted by molar-refractivity contribution is 5.98. The molecule has 0 saturated heterocycles. The number of aryl methyl sites for hydroxylation is 1. The van der Waals surface area contributed by atoms with Crippen LogP contribution in [0.25, 0.3) is 0 Å². The zero-order valence-electron chi connectivity index (χ0n) is 12.7. The Bertz CT molecular complexity index is 633. The lowest BCUT2D eigenvalue weighted by atomic mass is 10.1. The van der Waals surface area contributed by atoms with Gasteiger partial charge in [-0.1, -0.05) is 0 Å². The first-order valence-corrected chi connectivity index (χ1v) is 6.79. The van der Waals surface area contributed by atoms with E-state index in [1.807, 2.05) is 0 Å². The van der Waals surface area contributed by atoms with Gasteiger partial charge in [-0.25, -0.2) is 19.5 Å². The molecule has 1 unspecified atom stereocenters. The van der Waals surface area contributed by atoms with E-state index in [1.54, 1.807) is 0 Å². The van der Waals surface area contributed by atoms with Gasteiger partial charge in [0.15, 0.2) is 11.5 Å². The van der Waals surface area contributed by atoms with E-state index in [9.17, 15) is 22.8 Å². The van der Waals surface area contributed by atoms with Crippen molar-refractivity contribution in [2.75, 3.05) is 4.90 Å². The Morgan fingerprint density at radius 2 is 1.96 bits per heavy atom. The zero-order chi connectivity index (χ0) is 17.6. The van der Waals surface area contributed by atoms with Crippen LogP contribution in [0.15, 0.2) is 6.33 Å². The van der Waals surface area contributed by atoms with E-state index in [1.165, 1.54) is 25.3 Å². The van der Waals surface area contributed by atoms with Crippen molar-refractivity contribution in [3.63, 3.8) is 0 Å². The van der Waals surface area contributed by atoms with Crippen molar-refractivity contribution in [3.05, 3.63) is 12.0 Å². The molecule has 0 fully saturated rings. The molecule has 2 rings (SSSR count). The number of carbonyl (C=O) groups excluding carboxylic acids is 1. The monoisotopic (exact) mass is 335 g/mol. The molecule has 0 aromatic carbocycles. The predicted octanol–water partition coefficient (Wildman–Crippen LogP) is 2.66. The summed E-state index contributed by atoms with van der Waals surface area (Å²) in [7, 11) is 0. The van der Waals surface area contributed by atoms with Crippen LogP contribution in [0.1, 0.15) is 37.7 Å². The van der Waals surface area contributed by atoms with Crippen LogP contribution in [0.5, 0.6) is 0 Å². The number of nitrogens with zero attached hydrogens (tertiary/aromatic N) is 3. The van der Waals surface area contributed by atoms with Crippen molar-refractivity contribution in [2.45, 2.75) is 51.6 Å². The number of anilines is 1. The fraction of sp³-hybridized carbons (Fsp3) is 0.615. The van der Waals surface area contributed by atoms with Gasteiger partial charge in [0.25, 0.3) is 0 Å². The number of alkyl halides is 3. The van der Waals surface area contributed by atoms with Crippen molar-refractivity contribution in [1.82, 2.24) is 9.55 Å². The summed E-state index contributed by atoms with van der Waals surface area (Å²) >= 11 is 0. The molecule has 0 aliphatic carbocycles. The summed E-state index contributed by atoms with van der Waals surface area (Å²) in [6.45, 7) is 4.42. The van der Waals surface area contributed by atoms with E-state index >= 15 is 0 Å². The van der Waals surface area contributed by atoms with Crippen LogP contribution < -0.4 is 4.90 Å².